The second-order valence-electron chi connectivity index (χ2n) is 7.77. The lowest BCUT2D eigenvalue weighted by Gasteiger charge is -2.16. The second kappa shape index (κ2) is 11.4. The smallest absolute Gasteiger partial charge is 0.257 e. The van der Waals surface area contributed by atoms with Gasteiger partial charge in [0.2, 0.25) is 0 Å². The van der Waals surface area contributed by atoms with Crippen LogP contribution in [0.15, 0.2) is 59.7 Å². The van der Waals surface area contributed by atoms with Crippen LogP contribution in [-0.4, -0.2) is 48.9 Å². The molecule has 2 heterocycles. The number of hydrogen-bond donors (Lipinski definition) is 1. The molecule has 0 atom stereocenters. The molecule has 4 rings (SSSR count). The van der Waals surface area contributed by atoms with Gasteiger partial charge in [-0.2, -0.15) is 0 Å². The molecule has 0 saturated heterocycles. The fourth-order valence-corrected chi connectivity index (χ4v) is 4.14. The Morgan fingerprint density at radius 1 is 1.09 bits per heavy atom. The van der Waals surface area contributed by atoms with Gasteiger partial charge in [-0.3, -0.25) is 9.79 Å². The number of carbonyl (C=O) groups excluding carboxylic acids is 1. The second-order valence-corrected chi connectivity index (χ2v) is 8.65. The molecule has 178 valence electrons. The van der Waals surface area contributed by atoms with E-state index in [1.807, 2.05) is 0 Å². The van der Waals surface area contributed by atoms with Crippen LogP contribution in [0.2, 0.25) is 10.0 Å². The fourth-order valence-electron chi connectivity index (χ4n) is 3.82. The molecule has 1 aliphatic heterocycles. The van der Waals surface area contributed by atoms with Crippen LogP contribution in [0.4, 0.5) is 5.82 Å². The molecule has 1 N–H and O–H groups in total. The number of pyridine rings is 1. The van der Waals surface area contributed by atoms with Gasteiger partial charge in [0.15, 0.2) is 0 Å². The van der Waals surface area contributed by atoms with Crippen molar-refractivity contribution in [3.63, 3.8) is 0 Å². The first-order chi connectivity index (χ1) is 15.9. The van der Waals surface area contributed by atoms with Crippen LogP contribution >= 0.6 is 23.2 Å². The molecule has 0 saturated carbocycles. The van der Waals surface area contributed by atoms with Gasteiger partial charge >= 0.3 is 0 Å². The Labute approximate surface area is 210 Å². The monoisotopic (exact) mass is 498 g/mol. The van der Waals surface area contributed by atoms with Crippen LogP contribution in [0.5, 0.6) is 5.75 Å². The predicted molar refractivity (Wildman–Crippen MR) is 140 cm³/mol. The number of rotatable bonds is 7. The minimum Gasteiger partial charge on any atom is -0.496 e. The lowest BCUT2D eigenvalue weighted by atomic mass is 9.97. The number of carbonyl (C=O) groups is 1. The standard InChI is InChI=1S/C25H24Cl2N4O2.CH4/c1-31-12-11-28-24(31)17-6-3-16(4-7-17)5-9-20-21(13-19(27)14-22(20)33-2)25(32)30-23-10-8-18(26)15-29-23;/h3-4,6-8,10,13-15H,5,9,11-12H2,1-2H3,(H,29,30,32);1H4. The average molecular weight is 499 g/mol. The normalized spacial score (nSPS) is 12.7. The molecule has 0 bridgehead atoms. The van der Waals surface area contributed by atoms with E-state index >= 15 is 0 Å². The number of amides is 1. The molecule has 2 aromatic carbocycles. The molecule has 0 spiro atoms. The minimum atomic E-state index is -0.307. The number of aromatic nitrogens is 1. The summed E-state index contributed by atoms with van der Waals surface area (Å²) in [7, 11) is 3.63. The van der Waals surface area contributed by atoms with Crippen LogP contribution in [0.1, 0.15) is 34.5 Å². The van der Waals surface area contributed by atoms with Crippen molar-refractivity contribution in [2.45, 2.75) is 20.3 Å². The van der Waals surface area contributed by atoms with E-state index in [9.17, 15) is 4.79 Å². The number of ether oxygens (including phenoxy) is 1. The van der Waals surface area contributed by atoms with Gasteiger partial charge in [-0.1, -0.05) is 54.9 Å². The van der Waals surface area contributed by atoms with E-state index in [1.165, 1.54) is 6.20 Å². The van der Waals surface area contributed by atoms with Gasteiger partial charge in [-0.25, -0.2) is 4.98 Å². The van der Waals surface area contributed by atoms with Crippen molar-refractivity contribution in [1.29, 1.82) is 0 Å². The molecule has 1 amide bonds. The van der Waals surface area contributed by atoms with Gasteiger partial charge in [0.25, 0.3) is 5.91 Å². The summed E-state index contributed by atoms with van der Waals surface area (Å²) >= 11 is 12.2. The zero-order valence-electron chi connectivity index (χ0n) is 18.4. The van der Waals surface area contributed by atoms with Crippen molar-refractivity contribution in [2.75, 3.05) is 32.6 Å². The van der Waals surface area contributed by atoms with E-state index in [2.05, 4.69) is 51.5 Å². The lowest BCUT2D eigenvalue weighted by molar-refractivity contribution is 0.102. The lowest BCUT2D eigenvalue weighted by Crippen LogP contribution is -2.23. The Bertz CT molecular complexity index is 1180. The maximum absolute atomic E-state index is 13.1. The van der Waals surface area contributed by atoms with Crippen molar-refractivity contribution >= 4 is 40.8 Å². The molecule has 1 aliphatic rings. The first-order valence-corrected chi connectivity index (χ1v) is 11.3. The Morgan fingerprint density at radius 2 is 1.85 bits per heavy atom. The average Bonchev–Trinajstić information content (AvgIpc) is 3.25. The molecule has 3 aromatic rings. The molecule has 34 heavy (non-hydrogen) atoms. The minimum absolute atomic E-state index is 0. The highest BCUT2D eigenvalue weighted by Gasteiger charge is 2.19. The number of hydrogen-bond acceptors (Lipinski definition) is 5. The molecule has 1 aromatic heterocycles. The third kappa shape index (κ3) is 5.88. The first kappa shape index (κ1) is 25.5. The van der Waals surface area contributed by atoms with E-state index in [1.54, 1.807) is 31.4 Å². The summed E-state index contributed by atoms with van der Waals surface area (Å²) in [6, 6.07) is 15.1. The summed E-state index contributed by atoms with van der Waals surface area (Å²) in [5, 5.41) is 3.73. The number of halogens is 2. The summed E-state index contributed by atoms with van der Waals surface area (Å²) < 4.78 is 5.55. The van der Waals surface area contributed by atoms with E-state index < -0.39 is 0 Å². The van der Waals surface area contributed by atoms with Crippen LogP contribution < -0.4 is 10.1 Å². The van der Waals surface area contributed by atoms with Gasteiger partial charge < -0.3 is 15.0 Å². The molecule has 0 unspecified atom stereocenters. The largest absolute Gasteiger partial charge is 0.496 e. The number of anilines is 1. The summed E-state index contributed by atoms with van der Waals surface area (Å²) in [6.45, 7) is 1.78. The Kier molecular flexibility index (Phi) is 8.53. The maximum atomic E-state index is 13.1. The highest BCUT2D eigenvalue weighted by Crippen LogP contribution is 2.29. The molecule has 8 heteroatoms. The van der Waals surface area contributed by atoms with Crippen molar-refractivity contribution in [3.8, 4) is 5.75 Å². The van der Waals surface area contributed by atoms with Crippen molar-refractivity contribution in [1.82, 2.24) is 9.88 Å². The fraction of sp³-hybridized carbons (Fsp3) is 0.269. The topological polar surface area (TPSA) is 66.8 Å². The first-order valence-electron chi connectivity index (χ1n) is 10.6. The molecule has 6 nitrogen and oxygen atoms in total. The van der Waals surface area contributed by atoms with Crippen molar-refractivity contribution in [3.05, 3.63) is 87.0 Å². The van der Waals surface area contributed by atoms with E-state index in [0.29, 0.717) is 33.6 Å². The van der Waals surface area contributed by atoms with E-state index in [0.717, 1.165) is 42.0 Å². The van der Waals surface area contributed by atoms with Crippen LogP contribution in [0.3, 0.4) is 0 Å². The van der Waals surface area contributed by atoms with Gasteiger partial charge in [-0.15, -0.1) is 0 Å². The van der Waals surface area contributed by atoms with Crippen molar-refractivity contribution in [2.24, 2.45) is 4.99 Å². The van der Waals surface area contributed by atoms with Crippen molar-refractivity contribution < 1.29 is 9.53 Å². The summed E-state index contributed by atoms with van der Waals surface area (Å²) in [4.78, 5) is 23.9. The summed E-state index contributed by atoms with van der Waals surface area (Å²) in [5.74, 6) is 1.70. The number of amidine groups is 1. The van der Waals surface area contributed by atoms with Gasteiger partial charge in [-0.05, 0) is 42.7 Å². The highest BCUT2D eigenvalue weighted by molar-refractivity contribution is 6.31. The number of aliphatic imine (C=N–C) groups is 1. The van der Waals surface area contributed by atoms with Gasteiger partial charge in [0, 0.05) is 41.5 Å². The number of nitrogens with one attached hydrogen (secondary N) is 1. The highest BCUT2D eigenvalue weighted by atomic mass is 35.5. The Hall–Kier alpha value is -3.09. The summed E-state index contributed by atoms with van der Waals surface area (Å²) in [5.41, 5.74) is 3.51. The van der Waals surface area contributed by atoms with Gasteiger partial charge in [0.1, 0.15) is 17.4 Å². The van der Waals surface area contributed by atoms with E-state index in [4.69, 9.17) is 27.9 Å². The number of methoxy groups -OCH3 is 1. The van der Waals surface area contributed by atoms with Crippen LogP contribution in [0, 0.1) is 0 Å². The zero-order valence-corrected chi connectivity index (χ0v) is 20.0. The third-order valence-corrected chi connectivity index (χ3v) is 5.98. The third-order valence-electron chi connectivity index (χ3n) is 5.54. The van der Waals surface area contributed by atoms with Crippen LogP contribution in [-0.2, 0) is 12.8 Å². The summed E-state index contributed by atoms with van der Waals surface area (Å²) in [6.07, 6.45) is 2.83. The number of likely N-dealkylation sites (N-methyl/N-ethyl adjacent to an activating group) is 1. The number of aryl methyl sites for hydroxylation is 1. The Balaban J connectivity index is 0.00000324. The number of benzene rings is 2. The Morgan fingerprint density at radius 3 is 2.47 bits per heavy atom. The molecule has 0 fully saturated rings. The van der Waals surface area contributed by atoms with Crippen LogP contribution in [0.25, 0.3) is 0 Å². The van der Waals surface area contributed by atoms with Gasteiger partial charge in [0.05, 0.1) is 18.7 Å². The van der Waals surface area contributed by atoms with E-state index in [-0.39, 0.29) is 13.3 Å². The molecule has 0 radical (unpaired) electrons. The molecular formula is C26H28Cl2N4O2. The molecule has 0 aliphatic carbocycles. The zero-order chi connectivity index (χ0) is 23.4. The maximum Gasteiger partial charge on any atom is 0.257 e. The number of nitrogens with zero attached hydrogens (tertiary/aromatic N) is 3. The molecular weight excluding hydrogens is 471 g/mol. The quantitative estimate of drug-likeness (QED) is 0.449. The predicted octanol–water partition coefficient (Wildman–Crippen LogP) is 5.76. The SMILES string of the molecule is C.COc1cc(Cl)cc(C(=O)Nc2ccc(Cl)cn2)c1CCc1ccc(C2=NCCN2C)cc1.